The Balaban J connectivity index is 1.53. The van der Waals surface area contributed by atoms with E-state index in [0.717, 1.165) is 24.5 Å². The van der Waals surface area contributed by atoms with Gasteiger partial charge in [-0.3, -0.25) is 4.68 Å². The number of amides is 2. The zero-order valence-corrected chi connectivity index (χ0v) is 13.2. The van der Waals surface area contributed by atoms with E-state index in [0.29, 0.717) is 12.0 Å². The number of likely N-dealkylation sites (tertiary alicyclic amines) is 1. The molecule has 2 amide bonds. The standard InChI is InChI=1S/C16H26N4O/c1-13-10-14(19(2)18-13)11-17-15(21)20-9-8-16(12-20)6-4-3-5-7-16/h10H,3-9,11-12H2,1-2H3,(H,17,21). The predicted molar refractivity (Wildman–Crippen MR) is 81.9 cm³/mol. The number of hydrogen-bond donors (Lipinski definition) is 1. The highest BCUT2D eigenvalue weighted by molar-refractivity contribution is 5.74. The Hall–Kier alpha value is -1.52. The lowest BCUT2D eigenvalue weighted by atomic mass is 9.73. The van der Waals surface area contributed by atoms with Gasteiger partial charge in [0.2, 0.25) is 0 Å². The number of carbonyl (C=O) groups is 1. The molecule has 2 fully saturated rings. The first-order chi connectivity index (χ1) is 10.1. The molecule has 1 N–H and O–H groups in total. The van der Waals surface area contributed by atoms with Gasteiger partial charge in [-0.1, -0.05) is 19.3 Å². The molecule has 5 nitrogen and oxygen atoms in total. The highest BCUT2D eigenvalue weighted by Gasteiger charge is 2.40. The van der Waals surface area contributed by atoms with E-state index in [1.807, 2.05) is 29.6 Å². The fourth-order valence-corrected chi connectivity index (χ4v) is 3.93. The summed E-state index contributed by atoms with van der Waals surface area (Å²) >= 11 is 0. The Morgan fingerprint density at radius 2 is 2.10 bits per heavy atom. The maximum absolute atomic E-state index is 12.3. The molecule has 3 rings (SSSR count). The highest BCUT2D eigenvalue weighted by atomic mass is 16.2. The van der Waals surface area contributed by atoms with Crippen molar-refractivity contribution in [2.75, 3.05) is 13.1 Å². The Morgan fingerprint density at radius 3 is 2.76 bits per heavy atom. The zero-order valence-electron chi connectivity index (χ0n) is 13.2. The Morgan fingerprint density at radius 1 is 1.33 bits per heavy atom. The van der Waals surface area contributed by atoms with Crippen molar-refractivity contribution in [3.8, 4) is 0 Å². The second-order valence-corrected chi connectivity index (χ2v) is 6.79. The van der Waals surface area contributed by atoms with Crippen LogP contribution >= 0.6 is 0 Å². The van der Waals surface area contributed by atoms with E-state index in [4.69, 9.17) is 0 Å². The summed E-state index contributed by atoms with van der Waals surface area (Å²) in [6.07, 6.45) is 7.84. The summed E-state index contributed by atoms with van der Waals surface area (Å²) in [6, 6.07) is 2.10. The maximum atomic E-state index is 12.3. The summed E-state index contributed by atoms with van der Waals surface area (Å²) < 4.78 is 1.84. The number of nitrogens with zero attached hydrogens (tertiary/aromatic N) is 3. The molecule has 1 aliphatic carbocycles. The smallest absolute Gasteiger partial charge is 0.317 e. The number of aryl methyl sites for hydroxylation is 2. The van der Waals surface area contributed by atoms with Gasteiger partial charge in [-0.05, 0) is 37.7 Å². The fourth-order valence-electron chi connectivity index (χ4n) is 3.93. The van der Waals surface area contributed by atoms with Crippen LogP contribution in [0.1, 0.15) is 49.9 Å². The molecule has 1 saturated heterocycles. The molecule has 1 aliphatic heterocycles. The van der Waals surface area contributed by atoms with Crippen molar-refractivity contribution in [1.29, 1.82) is 0 Å². The predicted octanol–water partition coefficient (Wildman–Crippen LogP) is 2.59. The second kappa shape index (κ2) is 5.70. The summed E-state index contributed by atoms with van der Waals surface area (Å²) in [4.78, 5) is 14.4. The van der Waals surface area contributed by atoms with Crippen molar-refractivity contribution in [1.82, 2.24) is 20.0 Å². The average Bonchev–Trinajstić information content (AvgIpc) is 3.01. The average molecular weight is 290 g/mol. The summed E-state index contributed by atoms with van der Waals surface area (Å²) in [5.41, 5.74) is 2.47. The lowest BCUT2D eigenvalue weighted by Gasteiger charge is -2.33. The molecule has 0 unspecified atom stereocenters. The molecule has 5 heteroatoms. The van der Waals surface area contributed by atoms with E-state index >= 15 is 0 Å². The van der Waals surface area contributed by atoms with E-state index in [1.54, 1.807) is 0 Å². The molecule has 1 aromatic rings. The van der Waals surface area contributed by atoms with Crippen molar-refractivity contribution >= 4 is 6.03 Å². The summed E-state index contributed by atoms with van der Waals surface area (Å²) in [7, 11) is 1.92. The molecule has 1 spiro atoms. The number of urea groups is 1. The number of aromatic nitrogens is 2. The lowest BCUT2D eigenvalue weighted by Crippen LogP contribution is -2.40. The summed E-state index contributed by atoms with van der Waals surface area (Å²) in [5, 5.41) is 7.35. The van der Waals surface area contributed by atoms with Gasteiger partial charge < -0.3 is 10.2 Å². The van der Waals surface area contributed by atoms with Gasteiger partial charge in [-0.25, -0.2) is 4.79 Å². The normalized spacial score (nSPS) is 21.0. The highest BCUT2D eigenvalue weighted by Crippen LogP contribution is 2.43. The topological polar surface area (TPSA) is 50.2 Å². The lowest BCUT2D eigenvalue weighted by molar-refractivity contribution is 0.177. The van der Waals surface area contributed by atoms with Crippen molar-refractivity contribution in [2.45, 2.75) is 52.0 Å². The number of rotatable bonds is 2. The monoisotopic (exact) mass is 290 g/mol. The van der Waals surface area contributed by atoms with Crippen molar-refractivity contribution in [3.05, 3.63) is 17.5 Å². The van der Waals surface area contributed by atoms with Crippen molar-refractivity contribution in [2.24, 2.45) is 12.5 Å². The van der Waals surface area contributed by atoms with Gasteiger partial charge in [0.05, 0.1) is 17.9 Å². The van der Waals surface area contributed by atoms with Crippen LogP contribution in [0.4, 0.5) is 4.79 Å². The molecule has 116 valence electrons. The molecule has 2 aliphatic rings. The molecule has 0 atom stereocenters. The minimum absolute atomic E-state index is 0.0799. The van der Waals surface area contributed by atoms with E-state index in [9.17, 15) is 4.79 Å². The van der Waals surface area contributed by atoms with Gasteiger partial charge in [-0.15, -0.1) is 0 Å². The third-order valence-electron chi connectivity index (χ3n) is 5.16. The first-order valence-corrected chi connectivity index (χ1v) is 8.10. The fraction of sp³-hybridized carbons (Fsp3) is 0.750. The maximum Gasteiger partial charge on any atom is 0.317 e. The first-order valence-electron chi connectivity index (χ1n) is 8.10. The SMILES string of the molecule is Cc1cc(CNC(=O)N2CCC3(CCCCC3)C2)n(C)n1. The largest absolute Gasteiger partial charge is 0.332 e. The Kier molecular flexibility index (Phi) is 3.91. The first kappa shape index (κ1) is 14.4. The van der Waals surface area contributed by atoms with Crippen LogP contribution in [-0.4, -0.2) is 33.8 Å². The van der Waals surface area contributed by atoms with E-state index in [1.165, 1.54) is 38.5 Å². The molecular weight excluding hydrogens is 264 g/mol. The van der Waals surface area contributed by atoms with Crippen LogP contribution in [0.5, 0.6) is 0 Å². The van der Waals surface area contributed by atoms with Crippen LogP contribution in [0.25, 0.3) is 0 Å². The number of carbonyl (C=O) groups excluding carboxylic acids is 1. The van der Waals surface area contributed by atoms with Crippen molar-refractivity contribution < 1.29 is 4.79 Å². The third-order valence-corrected chi connectivity index (χ3v) is 5.16. The quantitative estimate of drug-likeness (QED) is 0.910. The van der Waals surface area contributed by atoms with Gasteiger partial charge >= 0.3 is 6.03 Å². The molecule has 21 heavy (non-hydrogen) atoms. The molecule has 0 aromatic carbocycles. The van der Waals surface area contributed by atoms with Crippen LogP contribution in [0, 0.1) is 12.3 Å². The molecular formula is C16H26N4O. The minimum Gasteiger partial charge on any atom is -0.332 e. The Bertz CT molecular complexity index is 516. The number of hydrogen-bond acceptors (Lipinski definition) is 2. The van der Waals surface area contributed by atoms with Gasteiger partial charge in [0.25, 0.3) is 0 Å². The molecule has 2 heterocycles. The Labute approximate surface area is 126 Å². The summed E-state index contributed by atoms with van der Waals surface area (Å²) in [6.45, 7) is 4.39. The van der Waals surface area contributed by atoms with Crippen LogP contribution < -0.4 is 5.32 Å². The van der Waals surface area contributed by atoms with Crippen LogP contribution in [-0.2, 0) is 13.6 Å². The molecule has 1 aromatic heterocycles. The minimum atomic E-state index is 0.0799. The zero-order chi connectivity index (χ0) is 14.9. The molecule has 0 radical (unpaired) electrons. The van der Waals surface area contributed by atoms with E-state index in [2.05, 4.69) is 10.4 Å². The van der Waals surface area contributed by atoms with Gasteiger partial charge in [0, 0.05) is 20.1 Å². The van der Waals surface area contributed by atoms with Crippen LogP contribution in [0.15, 0.2) is 6.07 Å². The van der Waals surface area contributed by atoms with Gasteiger partial charge in [0.15, 0.2) is 0 Å². The number of nitrogens with one attached hydrogen (secondary N) is 1. The van der Waals surface area contributed by atoms with E-state index in [-0.39, 0.29) is 6.03 Å². The van der Waals surface area contributed by atoms with E-state index < -0.39 is 0 Å². The van der Waals surface area contributed by atoms with Crippen LogP contribution in [0.2, 0.25) is 0 Å². The van der Waals surface area contributed by atoms with Gasteiger partial charge in [-0.2, -0.15) is 5.10 Å². The molecule has 0 bridgehead atoms. The summed E-state index contributed by atoms with van der Waals surface area (Å²) in [5.74, 6) is 0. The van der Waals surface area contributed by atoms with Gasteiger partial charge in [0.1, 0.15) is 0 Å². The van der Waals surface area contributed by atoms with Crippen LogP contribution in [0.3, 0.4) is 0 Å². The second-order valence-electron chi connectivity index (χ2n) is 6.79. The van der Waals surface area contributed by atoms with Crippen molar-refractivity contribution in [3.63, 3.8) is 0 Å². The molecule has 1 saturated carbocycles. The third kappa shape index (κ3) is 3.06.